The smallest absolute Gasteiger partial charge is 0.331 e. The molecule has 0 aliphatic carbocycles. The molecule has 0 spiro atoms. The summed E-state index contributed by atoms with van der Waals surface area (Å²) in [6.45, 7) is 4.21. The monoisotopic (exact) mass is 391 g/mol. The lowest BCUT2D eigenvalue weighted by Crippen LogP contribution is -2.28. The van der Waals surface area contributed by atoms with Gasteiger partial charge in [0.25, 0.3) is 5.91 Å². The quantitative estimate of drug-likeness (QED) is 0.552. The number of hydrogen-bond donors (Lipinski definition) is 1. The minimum Gasteiger partial charge on any atom is -0.497 e. The summed E-state index contributed by atoms with van der Waals surface area (Å²) in [6.07, 6.45) is 2.76. The molecule has 0 aliphatic rings. The molecule has 1 amide bonds. The summed E-state index contributed by atoms with van der Waals surface area (Å²) in [5, 5.41) is 7.36. The largest absolute Gasteiger partial charge is 0.497 e. The number of methoxy groups -OCH3 is 1. The Morgan fingerprint density at radius 3 is 2.85 bits per heavy atom. The molecule has 2 rings (SSSR count). The molecule has 0 radical (unpaired) electrons. The van der Waals surface area contributed by atoms with Crippen molar-refractivity contribution < 1.29 is 19.1 Å². The van der Waals surface area contributed by atoms with Gasteiger partial charge in [-0.15, -0.1) is 0 Å². The summed E-state index contributed by atoms with van der Waals surface area (Å²) >= 11 is 6.41. The van der Waals surface area contributed by atoms with E-state index in [0.29, 0.717) is 29.5 Å². The molecule has 27 heavy (non-hydrogen) atoms. The highest BCUT2D eigenvalue weighted by atomic mass is 35.5. The van der Waals surface area contributed by atoms with Crippen molar-refractivity contribution in [3.63, 3.8) is 0 Å². The van der Waals surface area contributed by atoms with Gasteiger partial charge in [0.2, 0.25) is 0 Å². The number of aromatic nitrogens is 2. The number of carbonyl (C=O) groups excluding carboxylic acids is 2. The van der Waals surface area contributed by atoms with E-state index in [2.05, 4.69) is 10.4 Å². The third-order valence-corrected chi connectivity index (χ3v) is 4.08. The van der Waals surface area contributed by atoms with Crippen LogP contribution in [0.3, 0.4) is 0 Å². The fourth-order valence-corrected chi connectivity index (χ4v) is 2.69. The minimum atomic E-state index is -0.628. The SMILES string of the molecule is CCNC(=O)COC(=O)/C=C/c1c(C)nn(Cc2cccc(OC)c2)c1Cl. The number of nitrogens with zero attached hydrogens (tertiary/aromatic N) is 2. The zero-order valence-corrected chi connectivity index (χ0v) is 16.2. The van der Waals surface area contributed by atoms with E-state index >= 15 is 0 Å². The van der Waals surface area contributed by atoms with Crippen LogP contribution in [-0.4, -0.2) is 41.9 Å². The van der Waals surface area contributed by atoms with Crippen molar-refractivity contribution in [2.75, 3.05) is 20.3 Å². The standard InChI is InChI=1S/C19H22ClN3O4/c1-4-21-17(24)12-27-18(25)9-8-16-13(2)22-23(19(16)20)11-14-6-5-7-15(10-14)26-3/h5-10H,4,11-12H2,1-3H3,(H,21,24)/b9-8+. The third-order valence-electron chi connectivity index (χ3n) is 3.68. The van der Waals surface area contributed by atoms with Gasteiger partial charge >= 0.3 is 5.97 Å². The van der Waals surface area contributed by atoms with Crippen LogP contribution in [0.15, 0.2) is 30.3 Å². The van der Waals surface area contributed by atoms with Gasteiger partial charge in [0.05, 0.1) is 19.3 Å². The summed E-state index contributed by atoms with van der Waals surface area (Å²) in [6, 6.07) is 7.61. The predicted molar refractivity (Wildman–Crippen MR) is 103 cm³/mol. The molecule has 0 aliphatic heterocycles. The first-order valence-corrected chi connectivity index (χ1v) is 8.79. The van der Waals surface area contributed by atoms with Crippen molar-refractivity contribution in [3.8, 4) is 5.75 Å². The van der Waals surface area contributed by atoms with Gasteiger partial charge in [-0.25, -0.2) is 9.48 Å². The van der Waals surface area contributed by atoms with Gasteiger partial charge in [0, 0.05) is 18.2 Å². The molecule has 8 heteroatoms. The number of halogens is 1. The third kappa shape index (κ3) is 5.86. The van der Waals surface area contributed by atoms with Crippen LogP contribution in [0.5, 0.6) is 5.75 Å². The highest BCUT2D eigenvalue weighted by Crippen LogP contribution is 2.23. The molecule has 1 heterocycles. The Kier molecular flexibility index (Phi) is 7.43. The number of hydrogen-bond acceptors (Lipinski definition) is 5. The molecule has 1 aromatic heterocycles. The average Bonchev–Trinajstić information content (AvgIpc) is 2.91. The number of aryl methyl sites for hydroxylation is 1. The molecule has 0 saturated heterocycles. The lowest BCUT2D eigenvalue weighted by Gasteiger charge is -2.06. The first-order chi connectivity index (χ1) is 12.9. The summed E-state index contributed by atoms with van der Waals surface area (Å²) in [4.78, 5) is 23.0. The van der Waals surface area contributed by atoms with E-state index in [1.54, 1.807) is 25.6 Å². The van der Waals surface area contributed by atoms with Crippen molar-refractivity contribution in [1.29, 1.82) is 0 Å². The van der Waals surface area contributed by atoms with Crippen LogP contribution >= 0.6 is 11.6 Å². The highest BCUT2D eigenvalue weighted by molar-refractivity contribution is 6.31. The van der Waals surface area contributed by atoms with Crippen LogP contribution < -0.4 is 10.1 Å². The zero-order valence-electron chi connectivity index (χ0n) is 15.5. The van der Waals surface area contributed by atoms with E-state index < -0.39 is 5.97 Å². The molecule has 7 nitrogen and oxygen atoms in total. The number of rotatable bonds is 8. The molecular weight excluding hydrogens is 370 g/mol. The van der Waals surface area contributed by atoms with E-state index in [9.17, 15) is 9.59 Å². The molecule has 0 saturated carbocycles. The highest BCUT2D eigenvalue weighted by Gasteiger charge is 2.12. The number of ether oxygens (including phenoxy) is 2. The van der Waals surface area contributed by atoms with Gasteiger partial charge in [-0.05, 0) is 37.6 Å². The molecule has 0 atom stereocenters. The number of benzene rings is 1. The van der Waals surface area contributed by atoms with Crippen LogP contribution in [0.4, 0.5) is 0 Å². The van der Waals surface area contributed by atoms with E-state index in [4.69, 9.17) is 21.1 Å². The van der Waals surface area contributed by atoms with Gasteiger partial charge in [-0.2, -0.15) is 5.10 Å². The normalized spacial score (nSPS) is 10.8. The molecule has 1 N–H and O–H groups in total. The second kappa shape index (κ2) is 9.78. The van der Waals surface area contributed by atoms with Crippen molar-refractivity contribution in [3.05, 3.63) is 52.3 Å². The van der Waals surface area contributed by atoms with Gasteiger partial charge < -0.3 is 14.8 Å². The maximum atomic E-state index is 11.7. The molecular formula is C19H22ClN3O4. The number of amides is 1. The van der Waals surface area contributed by atoms with Crippen molar-refractivity contribution in [1.82, 2.24) is 15.1 Å². The van der Waals surface area contributed by atoms with Crippen LogP contribution in [0.25, 0.3) is 6.08 Å². The molecule has 0 bridgehead atoms. The maximum absolute atomic E-state index is 11.7. The Balaban J connectivity index is 2.06. The number of likely N-dealkylation sites (N-methyl/N-ethyl adjacent to an activating group) is 1. The van der Waals surface area contributed by atoms with Gasteiger partial charge in [-0.3, -0.25) is 4.79 Å². The van der Waals surface area contributed by atoms with Crippen molar-refractivity contribution in [2.24, 2.45) is 0 Å². The molecule has 1 aromatic carbocycles. The van der Waals surface area contributed by atoms with Crippen molar-refractivity contribution in [2.45, 2.75) is 20.4 Å². The van der Waals surface area contributed by atoms with E-state index in [1.165, 1.54) is 12.2 Å². The molecule has 144 valence electrons. The fourth-order valence-electron chi connectivity index (χ4n) is 2.39. The molecule has 2 aromatic rings. The van der Waals surface area contributed by atoms with Crippen LogP contribution in [0.1, 0.15) is 23.7 Å². The number of nitrogens with one attached hydrogen (secondary N) is 1. The van der Waals surface area contributed by atoms with Crippen LogP contribution in [0.2, 0.25) is 5.15 Å². The van der Waals surface area contributed by atoms with Gasteiger partial charge in [-0.1, -0.05) is 23.7 Å². The van der Waals surface area contributed by atoms with E-state index in [1.807, 2.05) is 24.3 Å². The first kappa shape index (κ1) is 20.5. The summed E-state index contributed by atoms with van der Waals surface area (Å²) < 4.78 is 11.7. The Morgan fingerprint density at radius 2 is 2.15 bits per heavy atom. The van der Waals surface area contributed by atoms with Crippen molar-refractivity contribution >= 4 is 29.6 Å². The Labute approximate surface area is 162 Å². The molecule has 0 fully saturated rings. The minimum absolute atomic E-state index is 0.321. The Morgan fingerprint density at radius 1 is 1.37 bits per heavy atom. The van der Waals surface area contributed by atoms with Gasteiger partial charge in [0.1, 0.15) is 10.9 Å². The second-order valence-electron chi connectivity index (χ2n) is 5.69. The summed E-state index contributed by atoms with van der Waals surface area (Å²) in [5.74, 6) is -0.223. The summed E-state index contributed by atoms with van der Waals surface area (Å²) in [7, 11) is 1.61. The lowest BCUT2D eigenvalue weighted by molar-refractivity contribution is -0.143. The Bertz CT molecular complexity index is 845. The van der Waals surface area contributed by atoms with E-state index in [0.717, 1.165) is 11.3 Å². The second-order valence-corrected chi connectivity index (χ2v) is 6.05. The van der Waals surface area contributed by atoms with Gasteiger partial charge in [0.15, 0.2) is 6.61 Å². The Hall–Kier alpha value is -2.80. The van der Waals surface area contributed by atoms with E-state index in [-0.39, 0.29) is 12.5 Å². The topological polar surface area (TPSA) is 82.5 Å². The zero-order chi connectivity index (χ0) is 19.8. The lowest BCUT2D eigenvalue weighted by atomic mass is 10.2. The average molecular weight is 392 g/mol. The maximum Gasteiger partial charge on any atom is 0.331 e. The van der Waals surface area contributed by atoms with Crippen LogP contribution in [-0.2, 0) is 20.9 Å². The first-order valence-electron chi connectivity index (χ1n) is 8.42. The number of esters is 1. The fraction of sp³-hybridized carbons (Fsp3) is 0.316. The number of carbonyl (C=O) groups is 2. The van der Waals surface area contributed by atoms with Crippen LogP contribution in [0, 0.1) is 6.92 Å². The predicted octanol–water partition coefficient (Wildman–Crippen LogP) is 2.59. The summed E-state index contributed by atoms with van der Waals surface area (Å²) in [5.41, 5.74) is 2.28. The molecule has 0 unspecified atom stereocenters.